The molecule has 0 aliphatic rings. The molecule has 0 amide bonds. The lowest BCUT2D eigenvalue weighted by atomic mass is 10.3. The Kier molecular flexibility index (Phi) is 3.82. The van der Waals surface area contributed by atoms with Crippen LogP contribution in [0.5, 0.6) is 0 Å². The third-order valence-corrected chi connectivity index (χ3v) is 1.58. The summed E-state index contributed by atoms with van der Waals surface area (Å²) in [5.41, 5.74) is 0. The van der Waals surface area contributed by atoms with Gasteiger partial charge >= 0.3 is 6.18 Å². The van der Waals surface area contributed by atoms with Crippen molar-refractivity contribution in [2.45, 2.75) is 19.1 Å². The van der Waals surface area contributed by atoms with Gasteiger partial charge in [0.25, 0.3) is 0 Å². The summed E-state index contributed by atoms with van der Waals surface area (Å²) >= 11 is 0. The minimum Gasteiger partial charge on any atom is -0.394 e. The van der Waals surface area contributed by atoms with E-state index in [1.54, 1.807) is 6.92 Å². The highest BCUT2D eigenvalue weighted by atomic mass is 19.4. The van der Waals surface area contributed by atoms with E-state index in [0.29, 0.717) is 0 Å². The van der Waals surface area contributed by atoms with Gasteiger partial charge in [-0.3, -0.25) is 4.90 Å². The number of halogens is 3. The fourth-order valence-corrected chi connectivity index (χ4v) is 0.713. The van der Waals surface area contributed by atoms with Crippen molar-refractivity contribution in [2.75, 3.05) is 20.2 Å². The second kappa shape index (κ2) is 3.92. The lowest BCUT2D eigenvalue weighted by molar-refractivity contribution is -0.188. The summed E-state index contributed by atoms with van der Waals surface area (Å²) in [4.78, 5) is 1.06. The predicted octanol–water partition coefficient (Wildman–Crippen LogP) is 0.861. The molecule has 0 fully saturated rings. The molecule has 11 heavy (non-hydrogen) atoms. The van der Waals surface area contributed by atoms with Crippen LogP contribution in [0.3, 0.4) is 0 Å². The predicted molar refractivity (Wildman–Crippen MR) is 35.2 cm³/mol. The first kappa shape index (κ1) is 10.7. The molecule has 0 saturated carbocycles. The largest absolute Gasteiger partial charge is 0.406 e. The van der Waals surface area contributed by atoms with Crippen LogP contribution >= 0.6 is 0 Å². The van der Waals surface area contributed by atoms with Crippen LogP contribution in [0.15, 0.2) is 0 Å². The molecule has 0 aliphatic carbocycles. The highest BCUT2D eigenvalue weighted by Gasteiger charge is 2.41. The molecule has 0 aromatic carbocycles. The van der Waals surface area contributed by atoms with Gasteiger partial charge in [0.1, 0.15) is 6.04 Å². The van der Waals surface area contributed by atoms with E-state index in [0.717, 1.165) is 4.90 Å². The summed E-state index contributed by atoms with van der Waals surface area (Å²) in [6.45, 7) is 0.993. The van der Waals surface area contributed by atoms with E-state index in [1.165, 1.54) is 7.05 Å². The van der Waals surface area contributed by atoms with E-state index in [9.17, 15) is 13.2 Å². The molecule has 0 spiro atoms. The Morgan fingerprint density at radius 3 is 2.00 bits per heavy atom. The second-order valence-corrected chi connectivity index (χ2v) is 2.31. The maximum Gasteiger partial charge on any atom is 0.406 e. The lowest BCUT2D eigenvalue weighted by Crippen LogP contribution is -2.45. The van der Waals surface area contributed by atoms with Crippen LogP contribution in [0.1, 0.15) is 6.92 Å². The Bertz CT molecular complexity index is 115. The molecule has 2 nitrogen and oxygen atoms in total. The number of nitrogens with zero attached hydrogens (tertiary/aromatic N) is 1. The number of hydrogen-bond acceptors (Lipinski definition) is 2. The molecule has 1 atom stereocenters. The topological polar surface area (TPSA) is 23.5 Å². The number of aliphatic hydroxyl groups excluding tert-OH is 1. The van der Waals surface area contributed by atoms with Crippen LogP contribution in [0.25, 0.3) is 0 Å². The van der Waals surface area contributed by atoms with Gasteiger partial charge in [0.15, 0.2) is 0 Å². The van der Waals surface area contributed by atoms with Gasteiger partial charge in [-0.2, -0.15) is 13.2 Å². The molecule has 0 aliphatic heterocycles. The number of aliphatic hydroxyl groups is 1. The van der Waals surface area contributed by atoms with Crippen LogP contribution in [-0.2, 0) is 0 Å². The molecular weight excluding hydrogens is 159 g/mol. The summed E-state index contributed by atoms with van der Waals surface area (Å²) in [5.74, 6) is 0. The van der Waals surface area contributed by atoms with Gasteiger partial charge in [-0.1, -0.05) is 6.92 Å². The van der Waals surface area contributed by atoms with Crippen molar-refractivity contribution in [3.63, 3.8) is 0 Å². The van der Waals surface area contributed by atoms with Crippen molar-refractivity contribution in [1.29, 1.82) is 0 Å². The summed E-state index contributed by atoms with van der Waals surface area (Å²) in [5, 5.41) is 8.40. The zero-order valence-electron chi connectivity index (χ0n) is 6.52. The molecule has 5 heteroatoms. The van der Waals surface area contributed by atoms with E-state index < -0.39 is 18.8 Å². The van der Waals surface area contributed by atoms with Gasteiger partial charge in [-0.05, 0) is 13.6 Å². The van der Waals surface area contributed by atoms with Crippen LogP contribution < -0.4 is 0 Å². The van der Waals surface area contributed by atoms with E-state index in [2.05, 4.69) is 0 Å². The Hall–Kier alpha value is -0.290. The smallest absolute Gasteiger partial charge is 0.394 e. The molecule has 0 heterocycles. The summed E-state index contributed by atoms with van der Waals surface area (Å²) in [6, 6.07) is -1.73. The van der Waals surface area contributed by atoms with Gasteiger partial charge in [-0.15, -0.1) is 0 Å². The molecular formula is C6H12F3NO. The SMILES string of the molecule is CCN(C)C(CO)C(F)(F)F. The first-order valence-electron chi connectivity index (χ1n) is 3.31. The van der Waals surface area contributed by atoms with E-state index in [-0.39, 0.29) is 6.54 Å². The molecule has 1 unspecified atom stereocenters. The lowest BCUT2D eigenvalue weighted by Gasteiger charge is -2.26. The maximum absolute atomic E-state index is 12.0. The van der Waals surface area contributed by atoms with E-state index in [1.807, 2.05) is 0 Å². The minimum absolute atomic E-state index is 0.269. The zero-order valence-corrected chi connectivity index (χ0v) is 6.52. The van der Waals surface area contributed by atoms with Crippen molar-refractivity contribution in [2.24, 2.45) is 0 Å². The Balaban J connectivity index is 4.16. The summed E-state index contributed by atoms with van der Waals surface area (Å²) < 4.78 is 35.9. The molecule has 0 radical (unpaired) electrons. The molecule has 1 N–H and O–H groups in total. The molecule has 0 aromatic rings. The molecule has 0 aromatic heterocycles. The Labute approximate surface area is 63.6 Å². The number of rotatable bonds is 3. The van der Waals surface area contributed by atoms with Gasteiger partial charge < -0.3 is 5.11 Å². The summed E-state index contributed by atoms with van der Waals surface area (Å²) in [6.07, 6.45) is -4.33. The Morgan fingerprint density at radius 2 is 1.91 bits per heavy atom. The molecule has 0 bridgehead atoms. The number of hydrogen-bond donors (Lipinski definition) is 1. The number of likely N-dealkylation sites (N-methyl/N-ethyl adjacent to an activating group) is 1. The van der Waals surface area contributed by atoms with Gasteiger partial charge in [0.05, 0.1) is 6.61 Å². The van der Waals surface area contributed by atoms with Crippen molar-refractivity contribution in [1.82, 2.24) is 4.90 Å². The highest BCUT2D eigenvalue weighted by molar-refractivity contribution is 4.74. The average molecular weight is 171 g/mol. The van der Waals surface area contributed by atoms with Crippen molar-refractivity contribution in [3.05, 3.63) is 0 Å². The minimum atomic E-state index is -4.33. The van der Waals surface area contributed by atoms with Gasteiger partial charge in [0.2, 0.25) is 0 Å². The molecule has 68 valence electrons. The molecule has 0 saturated heterocycles. The van der Waals surface area contributed by atoms with Gasteiger partial charge in [-0.25, -0.2) is 0 Å². The fourth-order valence-electron chi connectivity index (χ4n) is 0.713. The average Bonchev–Trinajstić information content (AvgIpc) is 1.86. The van der Waals surface area contributed by atoms with Crippen molar-refractivity contribution >= 4 is 0 Å². The first-order chi connectivity index (χ1) is 4.93. The third-order valence-electron chi connectivity index (χ3n) is 1.58. The van der Waals surface area contributed by atoms with Crippen molar-refractivity contribution < 1.29 is 18.3 Å². The third kappa shape index (κ3) is 3.07. The maximum atomic E-state index is 12.0. The van der Waals surface area contributed by atoms with Crippen molar-refractivity contribution in [3.8, 4) is 0 Å². The van der Waals surface area contributed by atoms with Crippen LogP contribution in [0.2, 0.25) is 0 Å². The van der Waals surface area contributed by atoms with E-state index in [4.69, 9.17) is 5.11 Å². The fraction of sp³-hybridized carbons (Fsp3) is 1.00. The van der Waals surface area contributed by atoms with Crippen LogP contribution in [0.4, 0.5) is 13.2 Å². The summed E-state index contributed by atoms with van der Waals surface area (Å²) in [7, 11) is 1.33. The van der Waals surface area contributed by atoms with Crippen LogP contribution in [0, 0.1) is 0 Å². The monoisotopic (exact) mass is 171 g/mol. The normalized spacial score (nSPS) is 15.5. The van der Waals surface area contributed by atoms with E-state index >= 15 is 0 Å². The van der Waals surface area contributed by atoms with Crippen LogP contribution in [-0.4, -0.2) is 42.4 Å². The quantitative estimate of drug-likeness (QED) is 0.680. The standard InChI is InChI=1S/C6H12F3NO/c1-3-10(2)5(4-11)6(7,8)9/h5,11H,3-4H2,1-2H3. The zero-order chi connectivity index (χ0) is 9.07. The number of alkyl halides is 3. The second-order valence-electron chi connectivity index (χ2n) is 2.31. The molecule has 0 rings (SSSR count). The van der Waals surface area contributed by atoms with Gasteiger partial charge in [0, 0.05) is 0 Å². The highest BCUT2D eigenvalue weighted by Crippen LogP contribution is 2.23. The first-order valence-corrected chi connectivity index (χ1v) is 3.31. The Morgan fingerprint density at radius 1 is 1.45 bits per heavy atom.